The van der Waals surface area contributed by atoms with Crippen LogP contribution < -0.4 is 0 Å². The maximum absolute atomic E-state index is 2.55. The van der Waals surface area contributed by atoms with Gasteiger partial charge in [-0.3, -0.25) is 0 Å². The van der Waals surface area contributed by atoms with Gasteiger partial charge in [-0.05, 0) is 59.3 Å². The second kappa shape index (κ2) is 8.28. The lowest BCUT2D eigenvalue weighted by Crippen LogP contribution is -1.93. The highest BCUT2D eigenvalue weighted by Crippen LogP contribution is 2.48. The first-order valence-electron chi connectivity index (χ1n) is 17.0. The lowest BCUT2D eigenvalue weighted by molar-refractivity contribution is 1.19. The molecule has 3 nitrogen and oxygen atoms in total. The molecule has 5 aromatic heterocycles. The molecule has 0 aliphatic heterocycles. The number of para-hydroxylation sites is 4. The molecule has 0 unspecified atom stereocenters. The predicted octanol–water partition coefficient (Wildman–Crippen LogP) is 12.2. The highest BCUT2D eigenvalue weighted by Gasteiger charge is 2.25. The summed E-state index contributed by atoms with van der Waals surface area (Å²) in [5, 5.41) is 15.7. The van der Waals surface area contributed by atoms with Gasteiger partial charge in [0.2, 0.25) is 0 Å². The first kappa shape index (κ1) is 24.6. The Kier molecular flexibility index (Phi) is 4.15. The summed E-state index contributed by atoms with van der Waals surface area (Å²) in [6, 6.07) is 56.4. The number of benzene rings is 8. The van der Waals surface area contributed by atoms with Gasteiger partial charge in [-0.25, -0.2) is 0 Å². The van der Waals surface area contributed by atoms with Gasteiger partial charge in [-0.2, -0.15) is 0 Å². The standard InChI is InChI=1S/C46H25N3/c1-2-12-27(13-3-1)47-37-19-8-6-15-29(37)31-21-22-39-43(45(31)47)33-18-10-17-30-34-24-35-36-23-26-11-4-5-14-28(26)42-32-16-7-9-20-38(32)48(46(36)42)41(35)25-40(34)49(39)44(30)33/h1-25H. The maximum atomic E-state index is 2.55. The molecule has 3 heteroatoms. The number of nitrogens with zero attached hydrogens (tertiary/aromatic N) is 3. The minimum Gasteiger partial charge on any atom is -0.309 e. The summed E-state index contributed by atoms with van der Waals surface area (Å²) < 4.78 is 7.54. The minimum atomic E-state index is 1.18. The molecule has 0 amide bonds. The van der Waals surface area contributed by atoms with Crippen molar-refractivity contribution in [3.05, 3.63) is 152 Å². The summed E-state index contributed by atoms with van der Waals surface area (Å²) in [5.41, 5.74) is 11.3. The summed E-state index contributed by atoms with van der Waals surface area (Å²) in [6.45, 7) is 0. The van der Waals surface area contributed by atoms with Gasteiger partial charge in [0.05, 0.1) is 44.1 Å². The van der Waals surface area contributed by atoms with E-state index in [4.69, 9.17) is 0 Å². The third-order valence-electron chi connectivity index (χ3n) is 11.4. The number of rotatable bonds is 1. The zero-order chi connectivity index (χ0) is 31.5. The third-order valence-corrected chi connectivity index (χ3v) is 11.4. The largest absolute Gasteiger partial charge is 0.309 e. The Morgan fingerprint density at radius 2 is 0.939 bits per heavy atom. The molecule has 13 rings (SSSR count). The van der Waals surface area contributed by atoms with Crippen molar-refractivity contribution in [1.29, 1.82) is 0 Å². The fourth-order valence-corrected chi connectivity index (χ4v) is 9.59. The summed E-state index contributed by atoms with van der Waals surface area (Å²) in [5.74, 6) is 0. The molecule has 0 fully saturated rings. The molecule has 0 spiro atoms. The van der Waals surface area contributed by atoms with E-state index in [1.54, 1.807) is 0 Å². The Morgan fingerprint density at radius 3 is 1.82 bits per heavy atom. The molecule has 0 N–H and O–H groups in total. The van der Waals surface area contributed by atoms with Gasteiger partial charge < -0.3 is 13.4 Å². The first-order chi connectivity index (χ1) is 24.3. The molecule has 0 saturated heterocycles. The van der Waals surface area contributed by atoms with Crippen molar-refractivity contribution >= 4 is 109 Å². The van der Waals surface area contributed by atoms with Crippen molar-refractivity contribution in [3.63, 3.8) is 0 Å². The normalized spacial score (nSPS) is 12.9. The lowest BCUT2D eigenvalue weighted by atomic mass is 9.99. The molecular weight excluding hydrogens is 595 g/mol. The average Bonchev–Trinajstić information content (AvgIpc) is 3.94. The fourth-order valence-electron chi connectivity index (χ4n) is 9.59. The van der Waals surface area contributed by atoms with E-state index in [9.17, 15) is 0 Å². The second-order valence-electron chi connectivity index (χ2n) is 13.7. The van der Waals surface area contributed by atoms with Gasteiger partial charge in [-0.1, -0.05) is 103 Å². The van der Waals surface area contributed by atoms with Gasteiger partial charge in [0.1, 0.15) is 0 Å². The van der Waals surface area contributed by atoms with Crippen molar-refractivity contribution in [2.75, 3.05) is 0 Å². The van der Waals surface area contributed by atoms with E-state index >= 15 is 0 Å². The van der Waals surface area contributed by atoms with Crippen LogP contribution in [0.3, 0.4) is 0 Å². The van der Waals surface area contributed by atoms with Crippen molar-refractivity contribution < 1.29 is 0 Å². The predicted molar refractivity (Wildman–Crippen MR) is 208 cm³/mol. The van der Waals surface area contributed by atoms with E-state index in [1.165, 1.54) is 114 Å². The van der Waals surface area contributed by atoms with Crippen LogP contribution in [0.1, 0.15) is 0 Å². The van der Waals surface area contributed by atoms with Crippen molar-refractivity contribution in [1.82, 2.24) is 13.4 Å². The second-order valence-corrected chi connectivity index (χ2v) is 13.7. The van der Waals surface area contributed by atoms with Gasteiger partial charge in [-0.15, -0.1) is 0 Å². The molecule has 0 bridgehead atoms. The highest BCUT2D eigenvalue weighted by molar-refractivity contribution is 6.35. The van der Waals surface area contributed by atoms with Crippen LogP contribution in [0.2, 0.25) is 0 Å². The molecule has 5 heterocycles. The van der Waals surface area contributed by atoms with E-state index in [0.29, 0.717) is 0 Å². The topological polar surface area (TPSA) is 13.8 Å². The van der Waals surface area contributed by atoms with Crippen LogP contribution in [0.4, 0.5) is 0 Å². The van der Waals surface area contributed by atoms with Gasteiger partial charge >= 0.3 is 0 Å². The number of fused-ring (bicyclic) bond motifs is 18. The van der Waals surface area contributed by atoms with E-state index in [-0.39, 0.29) is 0 Å². The number of aromatic nitrogens is 3. The van der Waals surface area contributed by atoms with Crippen LogP contribution in [0.25, 0.3) is 114 Å². The molecule has 8 aromatic carbocycles. The highest BCUT2D eigenvalue weighted by atomic mass is 15.0. The van der Waals surface area contributed by atoms with Crippen molar-refractivity contribution in [3.8, 4) is 5.69 Å². The van der Waals surface area contributed by atoms with Crippen LogP contribution >= 0.6 is 0 Å². The van der Waals surface area contributed by atoms with Gasteiger partial charge in [0.15, 0.2) is 0 Å². The SMILES string of the molecule is c1ccc(-n2c3ccccc3c3ccc4c(c5cccc6c7cc8c9cc%10ccccc%10c%10c%11ccccc%11n(c8cc7n4c65)c9%10)c32)cc1. The monoisotopic (exact) mass is 619 g/mol. The van der Waals surface area contributed by atoms with Gasteiger partial charge in [0.25, 0.3) is 0 Å². The molecule has 0 atom stereocenters. The van der Waals surface area contributed by atoms with Crippen LogP contribution in [-0.4, -0.2) is 13.4 Å². The zero-order valence-corrected chi connectivity index (χ0v) is 26.3. The summed E-state index contributed by atoms with van der Waals surface area (Å²) in [7, 11) is 0. The Hall–Kier alpha value is -6.58. The molecule has 13 aromatic rings. The van der Waals surface area contributed by atoms with Crippen LogP contribution in [0, 0.1) is 0 Å². The van der Waals surface area contributed by atoms with E-state index < -0.39 is 0 Å². The number of hydrogen-bond donors (Lipinski definition) is 0. The van der Waals surface area contributed by atoms with Crippen LogP contribution in [0.5, 0.6) is 0 Å². The smallest absolute Gasteiger partial charge is 0.0641 e. The molecular formula is C46H25N3. The summed E-state index contributed by atoms with van der Waals surface area (Å²) in [4.78, 5) is 0. The van der Waals surface area contributed by atoms with E-state index in [0.717, 1.165) is 0 Å². The quantitative estimate of drug-likeness (QED) is 0.174. The third kappa shape index (κ3) is 2.73. The van der Waals surface area contributed by atoms with E-state index in [2.05, 4.69) is 165 Å². The first-order valence-corrected chi connectivity index (χ1v) is 17.0. The zero-order valence-electron chi connectivity index (χ0n) is 26.3. The van der Waals surface area contributed by atoms with E-state index in [1.807, 2.05) is 0 Å². The molecule has 49 heavy (non-hydrogen) atoms. The fraction of sp³-hybridized carbons (Fsp3) is 0. The van der Waals surface area contributed by atoms with Crippen molar-refractivity contribution in [2.24, 2.45) is 0 Å². The lowest BCUT2D eigenvalue weighted by Gasteiger charge is -2.09. The maximum Gasteiger partial charge on any atom is 0.0641 e. The minimum absolute atomic E-state index is 1.18. The molecule has 0 saturated carbocycles. The molecule has 0 aliphatic carbocycles. The Labute approximate surface area is 278 Å². The summed E-state index contributed by atoms with van der Waals surface area (Å²) in [6.07, 6.45) is 0. The van der Waals surface area contributed by atoms with Gasteiger partial charge in [0, 0.05) is 59.5 Å². The Morgan fingerprint density at radius 1 is 0.286 bits per heavy atom. The van der Waals surface area contributed by atoms with Crippen LogP contribution in [-0.2, 0) is 0 Å². The molecule has 224 valence electrons. The summed E-state index contributed by atoms with van der Waals surface area (Å²) >= 11 is 0. The number of hydrogen-bond acceptors (Lipinski definition) is 0. The van der Waals surface area contributed by atoms with Crippen molar-refractivity contribution in [2.45, 2.75) is 0 Å². The molecule has 0 radical (unpaired) electrons. The van der Waals surface area contributed by atoms with Crippen LogP contribution in [0.15, 0.2) is 152 Å². The molecule has 0 aliphatic rings. The average molecular weight is 620 g/mol. The Balaban J connectivity index is 1.27. The Bertz CT molecular complexity index is 3540.